The quantitative estimate of drug-likeness (QED) is 0.324. The monoisotopic (exact) mass is 380 g/mol. The molecule has 4 unspecified atom stereocenters. The van der Waals surface area contributed by atoms with Crippen molar-refractivity contribution in [2.75, 3.05) is 19.8 Å². The molecule has 4 atom stereocenters. The first-order valence-electron chi connectivity index (χ1n) is 9.66. The highest BCUT2D eigenvalue weighted by Crippen LogP contribution is 2.29. The van der Waals surface area contributed by atoms with Crippen LogP contribution in [0, 0.1) is 0 Å². The topological polar surface area (TPSA) is 36.9 Å². The van der Waals surface area contributed by atoms with Gasteiger partial charge in [-0.1, -0.05) is 57.0 Å². The number of hydrogen-bond acceptors (Lipinski definition) is 5. The van der Waals surface area contributed by atoms with Crippen LogP contribution in [0.25, 0.3) is 6.08 Å². The molecule has 1 heterocycles. The largest absolute Gasteiger partial charge is 0.492 e. The Kier molecular flexibility index (Phi) is 10.1. The fourth-order valence-corrected chi connectivity index (χ4v) is 3.18. The zero-order valence-corrected chi connectivity index (χ0v) is 16.8. The van der Waals surface area contributed by atoms with Crippen LogP contribution in [-0.4, -0.2) is 43.6 Å². The standard InChI is InChI=1S/C21H32O4S/c1-3-5-13-22-16-18-19(20(21(26)25-18)23-14-6-4-2)24-15-12-17-10-8-7-9-11-17/h7-12,15,18-21,26H,3-6,13-14,16H2,1-2H3. The molecule has 0 amide bonds. The van der Waals surface area contributed by atoms with Gasteiger partial charge < -0.3 is 18.9 Å². The predicted octanol–water partition coefficient (Wildman–Crippen LogP) is 4.70. The Morgan fingerprint density at radius 3 is 2.50 bits per heavy atom. The summed E-state index contributed by atoms with van der Waals surface area (Å²) in [6, 6.07) is 10.1. The second-order valence-electron chi connectivity index (χ2n) is 6.50. The van der Waals surface area contributed by atoms with E-state index in [9.17, 15) is 0 Å². The predicted molar refractivity (Wildman–Crippen MR) is 108 cm³/mol. The Hall–Kier alpha value is -1.01. The van der Waals surface area contributed by atoms with Gasteiger partial charge >= 0.3 is 0 Å². The first kappa shape index (κ1) is 21.3. The van der Waals surface area contributed by atoms with E-state index in [0.717, 1.165) is 37.9 Å². The number of ether oxygens (including phenoxy) is 4. The van der Waals surface area contributed by atoms with Crippen LogP contribution in [-0.2, 0) is 18.9 Å². The third-order valence-corrected chi connectivity index (χ3v) is 4.73. The Morgan fingerprint density at radius 1 is 1.04 bits per heavy atom. The van der Waals surface area contributed by atoms with Gasteiger partial charge in [0, 0.05) is 13.2 Å². The molecule has 0 aliphatic carbocycles. The van der Waals surface area contributed by atoms with E-state index in [0.29, 0.717) is 13.2 Å². The highest BCUT2D eigenvalue weighted by molar-refractivity contribution is 7.80. The molecule has 1 aliphatic rings. The number of thiol groups is 1. The van der Waals surface area contributed by atoms with Crippen molar-refractivity contribution in [3.8, 4) is 0 Å². The first-order chi connectivity index (χ1) is 12.8. The van der Waals surface area contributed by atoms with E-state index in [2.05, 4.69) is 26.5 Å². The smallest absolute Gasteiger partial charge is 0.156 e. The lowest BCUT2D eigenvalue weighted by atomic mass is 10.1. The summed E-state index contributed by atoms with van der Waals surface area (Å²) < 4.78 is 23.8. The number of benzene rings is 1. The zero-order chi connectivity index (χ0) is 18.6. The Labute approximate surface area is 163 Å². The third kappa shape index (κ3) is 6.95. The van der Waals surface area contributed by atoms with E-state index in [1.165, 1.54) is 0 Å². The molecule has 0 saturated carbocycles. The van der Waals surface area contributed by atoms with Crippen molar-refractivity contribution in [2.45, 2.75) is 63.3 Å². The van der Waals surface area contributed by atoms with Gasteiger partial charge in [-0.25, -0.2) is 0 Å². The second kappa shape index (κ2) is 12.4. The number of hydrogen-bond donors (Lipinski definition) is 1. The normalized spacial score (nSPS) is 25.8. The molecular formula is C21H32O4S. The van der Waals surface area contributed by atoms with Crippen LogP contribution in [0.15, 0.2) is 36.6 Å². The highest BCUT2D eigenvalue weighted by Gasteiger charge is 2.45. The molecule has 1 saturated heterocycles. The maximum absolute atomic E-state index is 6.03. The molecule has 146 valence electrons. The molecule has 0 aromatic heterocycles. The Bertz CT molecular complexity index is 508. The average Bonchev–Trinajstić information content (AvgIpc) is 2.95. The molecule has 26 heavy (non-hydrogen) atoms. The highest BCUT2D eigenvalue weighted by atomic mass is 32.1. The number of rotatable bonds is 12. The van der Waals surface area contributed by atoms with Crippen molar-refractivity contribution in [2.24, 2.45) is 0 Å². The molecule has 0 N–H and O–H groups in total. The van der Waals surface area contributed by atoms with Crippen molar-refractivity contribution in [1.29, 1.82) is 0 Å². The summed E-state index contributed by atoms with van der Waals surface area (Å²) in [5, 5.41) is 0. The van der Waals surface area contributed by atoms with E-state index in [-0.39, 0.29) is 23.7 Å². The molecule has 0 spiro atoms. The molecule has 2 rings (SSSR count). The minimum Gasteiger partial charge on any atom is -0.492 e. The fraction of sp³-hybridized carbons (Fsp3) is 0.619. The van der Waals surface area contributed by atoms with Crippen molar-refractivity contribution < 1.29 is 18.9 Å². The van der Waals surface area contributed by atoms with Gasteiger partial charge in [0.25, 0.3) is 0 Å². The van der Waals surface area contributed by atoms with Crippen molar-refractivity contribution >= 4 is 18.7 Å². The van der Waals surface area contributed by atoms with Gasteiger partial charge in [-0.05, 0) is 24.5 Å². The molecule has 5 heteroatoms. The summed E-state index contributed by atoms with van der Waals surface area (Å²) in [7, 11) is 0. The van der Waals surface area contributed by atoms with Gasteiger partial charge in [0.05, 0.1) is 12.9 Å². The zero-order valence-electron chi connectivity index (χ0n) is 15.9. The minimum atomic E-state index is -0.304. The lowest BCUT2D eigenvalue weighted by Crippen LogP contribution is -2.37. The molecule has 1 aromatic carbocycles. The van der Waals surface area contributed by atoms with E-state index < -0.39 is 0 Å². The molecule has 0 bridgehead atoms. The summed E-state index contributed by atoms with van der Waals surface area (Å²) in [5.41, 5.74) is 0.787. The van der Waals surface area contributed by atoms with Gasteiger partial charge in [0.2, 0.25) is 0 Å². The Balaban J connectivity index is 1.95. The van der Waals surface area contributed by atoms with Gasteiger partial charge in [-0.3, -0.25) is 0 Å². The third-order valence-electron chi connectivity index (χ3n) is 4.31. The lowest BCUT2D eigenvalue weighted by Gasteiger charge is -2.23. The molecule has 1 aromatic rings. The molecule has 1 aliphatic heterocycles. The summed E-state index contributed by atoms with van der Waals surface area (Å²) >= 11 is 4.56. The molecular weight excluding hydrogens is 348 g/mol. The van der Waals surface area contributed by atoms with Gasteiger partial charge in [0.1, 0.15) is 17.6 Å². The number of unbranched alkanes of at least 4 members (excludes halogenated alkanes) is 2. The molecule has 4 nitrogen and oxygen atoms in total. The summed E-state index contributed by atoms with van der Waals surface area (Å²) in [6.45, 7) is 6.22. The molecule has 1 fully saturated rings. The fourth-order valence-electron chi connectivity index (χ4n) is 2.77. The summed E-state index contributed by atoms with van der Waals surface area (Å²) in [4.78, 5) is 0. The second-order valence-corrected chi connectivity index (χ2v) is 7.01. The SMILES string of the molecule is CCCCOCC1OC(S)C(OCCCC)C1OC=Cc1ccccc1. The van der Waals surface area contributed by atoms with E-state index in [1.807, 2.05) is 36.4 Å². The van der Waals surface area contributed by atoms with Crippen molar-refractivity contribution in [3.63, 3.8) is 0 Å². The van der Waals surface area contributed by atoms with Gasteiger partial charge in [0.15, 0.2) is 6.10 Å². The minimum absolute atomic E-state index is 0.179. The van der Waals surface area contributed by atoms with Crippen LogP contribution in [0.2, 0.25) is 0 Å². The average molecular weight is 381 g/mol. The van der Waals surface area contributed by atoms with Crippen LogP contribution in [0.5, 0.6) is 0 Å². The van der Waals surface area contributed by atoms with Crippen LogP contribution >= 0.6 is 12.6 Å². The van der Waals surface area contributed by atoms with Crippen LogP contribution in [0.3, 0.4) is 0 Å². The van der Waals surface area contributed by atoms with Crippen LogP contribution < -0.4 is 0 Å². The van der Waals surface area contributed by atoms with Crippen LogP contribution in [0.1, 0.15) is 45.1 Å². The maximum Gasteiger partial charge on any atom is 0.156 e. The van der Waals surface area contributed by atoms with Crippen molar-refractivity contribution in [1.82, 2.24) is 0 Å². The maximum atomic E-state index is 6.03. The first-order valence-corrected chi connectivity index (χ1v) is 10.2. The van der Waals surface area contributed by atoms with E-state index in [1.54, 1.807) is 6.26 Å². The van der Waals surface area contributed by atoms with Gasteiger partial charge in [-0.2, -0.15) is 0 Å². The Morgan fingerprint density at radius 2 is 1.77 bits per heavy atom. The van der Waals surface area contributed by atoms with E-state index >= 15 is 0 Å². The summed E-state index contributed by atoms with van der Waals surface area (Å²) in [6.07, 6.45) is 7.34. The van der Waals surface area contributed by atoms with Crippen molar-refractivity contribution in [3.05, 3.63) is 42.2 Å². The van der Waals surface area contributed by atoms with E-state index in [4.69, 9.17) is 18.9 Å². The molecule has 0 radical (unpaired) electrons. The van der Waals surface area contributed by atoms with Crippen LogP contribution in [0.4, 0.5) is 0 Å². The summed E-state index contributed by atoms with van der Waals surface area (Å²) in [5.74, 6) is 0. The van der Waals surface area contributed by atoms with Gasteiger partial charge in [-0.15, -0.1) is 12.6 Å². The lowest BCUT2D eigenvalue weighted by molar-refractivity contribution is -0.0473.